The number of amides is 1. The second-order valence-corrected chi connectivity index (χ2v) is 8.71. The van der Waals surface area contributed by atoms with Crippen molar-refractivity contribution in [2.75, 3.05) is 32.6 Å². The Morgan fingerprint density at radius 3 is 2.87 bits per heavy atom. The summed E-state index contributed by atoms with van der Waals surface area (Å²) in [5.74, 6) is 0.146. The first-order valence-corrected chi connectivity index (χ1v) is 10.4. The van der Waals surface area contributed by atoms with E-state index < -0.39 is 10.0 Å². The lowest BCUT2D eigenvalue weighted by atomic mass is 9.97. The maximum absolute atomic E-state index is 12.8. The number of aryl methyl sites for hydroxylation is 1. The van der Waals surface area contributed by atoms with Gasteiger partial charge in [0.15, 0.2) is 0 Å². The predicted molar refractivity (Wildman–Crippen MR) is 91.3 cm³/mol. The largest absolute Gasteiger partial charge is 0.379 e. The molecular formula is C15H24N2O4S2. The molecule has 1 N–H and O–H groups in total. The van der Waals surface area contributed by atoms with Crippen molar-refractivity contribution in [1.82, 2.24) is 9.62 Å². The molecule has 0 saturated carbocycles. The molecular weight excluding hydrogens is 336 g/mol. The van der Waals surface area contributed by atoms with Gasteiger partial charge in [-0.15, -0.1) is 11.3 Å². The van der Waals surface area contributed by atoms with Gasteiger partial charge in [0.05, 0.1) is 24.3 Å². The highest BCUT2D eigenvalue weighted by molar-refractivity contribution is 7.88. The van der Waals surface area contributed by atoms with Crippen LogP contribution < -0.4 is 4.72 Å². The zero-order valence-corrected chi connectivity index (χ0v) is 15.4. The number of hydrogen-bond donors (Lipinski definition) is 1. The summed E-state index contributed by atoms with van der Waals surface area (Å²) < 4.78 is 30.5. The minimum absolute atomic E-state index is 0.00728. The van der Waals surface area contributed by atoms with Crippen molar-refractivity contribution in [1.29, 1.82) is 0 Å². The van der Waals surface area contributed by atoms with Gasteiger partial charge >= 0.3 is 0 Å². The van der Waals surface area contributed by atoms with Crippen LogP contribution in [0.4, 0.5) is 0 Å². The summed E-state index contributed by atoms with van der Waals surface area (Å²) in [6.45, 7) is 5.93. The normalized spacial score (nSPS) is 22.8. The van der Waals surface area contributed by atoms with Crippen molar-refractivity contribution < 1.29 is 17.9 Å². The van der Waals surface area contributed by atoms with Gasteiger partial charge in [-0.1, -0.05) is 0 Å². The molecule has 0 aliphatic carbocycles. The summed E-state index contributed by atoms with van der Waals surface area (Å²) in [7, 11) is -3.19. The number of ether oxygens (including phenoxy) is 1. The van der Waals surface area contributed by atoms with Gasteiger partial charge < -0.3 is 9.64 Å². The molecule has 0 bridgehead atoms. The van der Waals surface area contributed by atoms with E-state index in [1.165, 1.54) is 11.3 Å². The number of carbonyl (C=O) groups excluding carboxylic acids is 1. The van der Waals surface area contributed by atoms with E-state index in [-0.39, 0.29) is 17.9 Å². The summed E-state index contributed by atoms with van der Waals surface area (Å²) >= 11 is 1.46. The van der Waals surface area contributed by atoms with Crippen LogP contribution in [-0.2, 0) is 14.8 Å². The van der Waals surface area contributed by atoms with Crippen LogP contribution in [0.3, 0.4) is 0 Å². The van der Waals surface area contributed by atoms with Gasteiger partial charge in [0.25, 0.3) is 5.91 Å². The molecule has 130 valence electrons. The van der Waals surface area contributed by atoms with E-state index in [2.05, 4.69) is 4.72 Å². The van der Waals surface area contributed by atoms with Crippen molar-refractivity contribution >= 4 is 27.3 Å². The Hall–Kier alpha value is -0.960. The first-order valence-electron chi connectivity index (χ1n) is 7.67. The van der Waals surface area contributed by atoms with Gasteiger partial charge in [-0.25, -0.2) is 13.1 Å². The number of rotatable bonds is 5. The minimum atomic E-state index is -3.19. The molecule has 0 aromatic carbocycles. The Morgan fingerprint density at radius 2 is 2.26 bits per heavy atom. The van der Waals surface area contributed by atoms with Crippen molar-refractivity contribution in [3.8, 4) is 0 Å². The molecule has 2 heterocycles. The van der Waals surface area contributed by atoms with Crippen molar-refractivity contribution in [2.24, 2.45) is 5.92 Å². The highest BCUT2D eigenvalue weighted by Gasteiger charge is 2.31. The van der Waals surface area contributed by atoms with E-state index in [4.69, 9.17) is 4.74 Å². The maximum Gasteiger partial charge on any atom is 0.264 e. The van der Waals surface area contributed by atoms with Gasteiger partial charge in [0.2, 0.25) is 10.0 Å². The van der Waals surface area contributed by atoms with Crippen LogP contribution in [0.5, 0.6) is 0 Å². The van der Waals surface area contributed by atoms with E-state index >= 15 is 0 Å². The first-order chi connectivity index (χ1) is 10.8. The molecule has 0 unspecified atom stereocenters. The summed E-state index contributed by atoms with van der Waals surface area (Å²) in [5.41, 5.74) is 0.993. The summed E-state index contributed by atoms with van der Waals surface area (Å²) in [5, 5.41) is 1.93. The Bertz CT molecular complexity index is 642. The number of sulfonamides is 1. The van der Waals surface area contributed by atoms with E-state index in [0.717, 1.165) is 16.7 Å². The van der Waals surface area contributed by atoms with Crippen LogP contribution in [0.15, 0.2) is 11.4 Å². The summed E-state index contributed by atoms with van der Waals surface area (Å²) in [4.78, 5) is 15.4. The van der Waals surface area contributed by atoms with Gasteiger partial charge in [-0.05, 0) is 37.3 Å². The quantitative estimate of drug-likeness (QED) is 0.863. The lowest BCUT2D eigenvalue weighted by Gasteiger charge is -2.31. The molecule has 1 aliphatic heterocycles. The standard InChI is InChI=1S/C15H24N2O4S2/c1-11-5-9-22-14(11)15(18)17-7-8-21-10-13(12(17)2)4-6-16-23(3,19)20/h5,9,12-13,16H,4,6-8,10H2,1-3H3/t12-,13+/m0/s1. The summed E-state index contributed by atoms with van der Waals surface area (Å²) in [6.07, 6.45) is 1.79. The molecule has 2 atom stereocenters. The second kappa shape index (κ2) is 7.74. The molecule has 1 aliphatic rings. The van der Waals surface area contributed by atoms with Gasteiger partial charge in [0, 0.05) is 25.0 Å². The molecule has 8 heteroatoms. The van der Waals surface area contributed by atoms with Crippen molar-refractivity contribution in [2.45, 2.75) is 26.3 Å². The minimum Gasteiger partial charge on any atom is -0.379 e. The highest BCUT2D eigenvalue weighted by atomic mass is 32.2. The van der Waals surface area contributed by atoms with Crippen molar-refractivity contribution in [3.63, 3.8) is 0 Å². The Morgan fingerprint density at radius 1 is 1.52 bits per heavy atom. The summed E-state index contributed by atoms with van der Waals surface area (Å²) in [6, 6.07) is 1.96. The third kappa shape index (κ3) is 5.00. The highest BCUT2D eigenvalue weighted by Crippen LogP contribution is 2.24. The number of nitrogens with one attached hydrogen (secondary N) is 1. The van der Waals surface area contributed by atoms with E-state index in [9.17, 15) is 13.2 Å². The van der Waals surface area contributed by atoms with E-state index in [1.807, 2.05) is 30.2 Å². The lowest BCUT2D eigenvalue weighted by Crippen LogP contribution is -2.43. The Labute approximate surface area is 141 Å². The molecule has 6 nitrogen and oxygen atoms in total. The predicted octanol–water partition coefficient (Wildman–Crippen LogP) is 1.47. The fourth-order valence-corrected chi connectivity index (χ4v) is 4.13. The lowest BCUT2D eigenvalue weighted by molar-refractivity contribution is 0.0663. The fraction of sp³-hybridized carbons (Fsp3) is 0.667. The number of thiophene rings is 1. The monoisotopic (exact) mass is 360 g/mol. The topological polar surface area (TPSA) is 75.7 Å². The Balaban J connectivity index is 2.05. The molecule has 23 heavy (non-hydrogen) atoms. The average Bonchev–Trinajstić information content (AvgIpc) is 2.80. The fourth-order valence-electron chi connectivity index (χ4n) is 2.76. The molecule has 1 aromatic heterocycles. The zero-order valence-electron chi connectivity index (χ0n) is 13.7. The maximum atomic E-state index is 12.8. The van der Waals surface area contributed by atoms with Gasteiger partial charge in [0.1, 0.15) is 0 Å². The van der Waals surface area contributed by atoms with E-state index in [1.54, 1.807) is 0 Å². The third-order valence-electron chi connectivity index (χ3n) is 4.18. The van der Waals surface area contributed by atoms with Crippen LogP contribution in [0.25, 0.3) is 0 Å². The Kier molecular flexibility index (Phi) is 6.19. The van der Waals surface area contributed by atoms with Crippen LogP contribution in [0.2, 0.25) is 0 Å². The van der Waals surface area contributed by atoms with Gasteiger partial charge in [-0.2, -0.15) is 0 Å². The number of nitrogens with zero attached hydrogens (tertiary/aromatic N) is 1. The molecule has 1 aromatic rings. The molecule has 2 rings (SSSR count). The van der Waals surface area contributed by atoms with Crippen LogP contribution in [-0.4, -0.2) is 57.8 Å². The first kappa shape index (κ1) is 18.4. The van der Waals surface area contributed by atoms with Crippen LogP contribution >= 0.6 is 11.3 Å². The average molecular weight is 361 g/mol. The van der Waals surface area contributed by atoms with Crippen LogP contribution in [0.1, 0.15) is 28.6 Å². The molecule has 0 radical (unpaired) electrons. The second-order valence-electron chi connectivity index (χ2n) is 5.96. The third-order valence-corrected chi connectivity index (χ3v) is 5.91. The number of hydrogen-bond acceptors (Lipinski definition) is 5. The smallest absolute Gasteiger partial charge is 0.264 e. The molecule has 0 spiro atoms. The SMILES string of the molecule is Cc1ccsc1C(=O)N1CCOC[C@@H](CCNS(C)(=O)=O)[C@@H]1C. The zero-order chi connectivity index (χ0) is 17.0. The number of carbonyl (C=O) groups is 1. The van der Waals surface area contributed by atoms with Crippen molar-refractivity contribution in [3.05, 3.63) is 21.9 Å². The molecule has 1 saturated heterocycles. The molecule has 1 amide bonds. The van der Waals surface area contributed by atoms with Crippen LogP contribution in [0, 0.1) is 12.8 Å². The van der Waals surface area contributed by atoms with E-state index in [0.29, 0.717) is 32.7 Å². The van der Waals surface area contributed by atoms with Gasteiger partial charge in [-0.3, -0.25) is 4.79 Å². The molecule has 1 fully saturated rings.